The normalized spacial score (nSPS) is 14.5. The number of nitrogens with zero attached hydrogens (tertiary/aromatic N) is 6. The van der Waals surface area contributed by atoms with Crippen molar-refractivity contribution >= 4 is 0 Å². The van der Waals surface area contributed by atoms with Gasteiger partial charge in [0, 0.05) is 57.6 Å². The molecule has 0 saturated carbocycles. The minimum Gasteiger partial charge on any atom is -0.265 e. The maximum absolute atomic E-state index is 5.07. The van der Waals surface area contributed by atoms with E-state index in [0.717, 1.165) is 50.3 Å². The smallest absolute Gasteiger partial charge is 0.164 e. The molecule has 3 aromatic heterocycles. The first-order valence-corrected chi connectivity index (χ1v) is 20.9. The molecule has 2 atom stereocenters. The van der Waals surface area contributed by atoms with Crippen molar-refractivity contribution in [1.82, 2.24) is 29.9 Å². The van der Waals surface area contributed by atoms with Crippen LogP contribution in [0.1, 0.15) is 45.2 Å². The molecule has 3 aliphatic rings. The molecule has 0 fully saturated rings. The van der Waals surface area contributed by atoms with Gasteiger partial charge in [0.25, 0.3) is 0 Å². The van der Waals surface area contributed by atoms with E-state index < -0.39 is 0 Å². The number of benzene rings is 7. The molecule has 13 rings (SSSR count). The average molecular weight is 793 g/mol. The van der Waals surface area contributed by atoms with Gasteiger partial charge in [0.1, 0.15) is 0 Å². The highest BCUT2D eigenvalue weighted by Gasteiger charge is 2.41. The third kappa shape index (κ3) is 6.20. The molecular weight excluding hydrogens is 757 g/mol. The Bertz CT molecular complexity index is 3170. The predicted molar refractivity (Wildman–Crippen MR) is 246 cm³/mol. The van der Waals surface area contributed by atoms with Gasteiger partial charge >= 0.3 is 0 Å². The van der Waals surface area contributed by atoms with E-state index in [-0.39, 0.29) is 11.8 Å². The minimum absolute atomic E-state index is 0.0905. The summed E-state index contributed by atoms with van der Waals surface area (Å²) in [6.07, 6.45) is 3.60. The summed E-state index contributed by atoms with van der Waals surface area (Å²) in [7, 11) is 0. The van der Waals surface area contributed by atoms with Crippen LogP contribution in [0.2, 0.25) is 0 Å². The maximum atomic E-state index is 5.07. The molecule has 2 unspecified atom stereocenters. The van der Waals surface area contributed by atoms with Gasteiger partial charge in [-0.2, -0.15) is 0 Å². The molecule has 290 valence electrons. The summed E-state index contributed by atoms with van der Waals surface area (Å²) < 4.78 is 0. The summed E-state index contributed by atoms with van der Waals surface area (Å²) in [5, 5.41) is 0. The fourth-order valence-electron chi connectivity index (χ4n) is 9.29. The number of aromatic nitrogens is 6. The average Bonchev–Trinajstić information content (AvgIpc) is 3.36. The van der Waals surface area contributed by atoms with E-state index in [9.17, 15) is 0 Å². The van der Waals surface area contributed by atoms with Crippen LogP contribution < -0.4 is 0 Å². The standard InChI is InChI=1S/C56H36N6/c1-4-12-38(13-5-1)53-58-49(34-50(59-53)37-28-30-57-31-29-37)36-22-20-35(21-23-36)41-24-26-45-47(32-41)51-43-18-10-11-19-44(43)52(45)48-33-42(25-27-46(48)51)56-61-54(39-14-6-2-7-15-39)60-55(62-56)40-16-8-3-9-17-40/h1-34,51-52H. The van der Waals surface area contributed by atoms with Crippen LogP contribution in [0.3, 0.4) is 0 Å². The first kappa shape index (κ1) is 35.7. The lowest BCUT2D eigenvalue weighted by Crippen LogP contribution is -2.27. The van der Waals surface area contributed by atoms with Gasteiger partial charge in [0.05, 0.1) is 11.4 Å². The van der Waals surface area contributed by atoms with Crippen LogP contribution in [0, 0.1) is 0 Å². The van der Waals surface area contributed by atoms with Gasteiger partial charge in [-0.1, -0.05) is 164 Å². The van der Waals surface area contributed by atoms with E-state index in [2.05, 4.69) is 132 Å². The van der Waals surface area contributed by atoms with E-state index in [1.807, 2.05) is 66.7 Å². The molecule has 3 heterocycles. The molecule has 0 N–H and O–H groups in total. The Morgan fingerprint density at radius 3 is 1.13 bits per heavy atom. The van der Waals surface area contributed by atoms with E-state index in [4.69, 9.17) is 24.9 Å². The first-order valence-electron chi connectivity index (χ1n) is 20.9. The lowest BCUT2D eigenvalue weighted by Gasteiger charge is -2.42. The van der Waals surface area contributed by atoms with Crippen LogP contribution in [-0.4, -0.2) is 29.9 Å². The topological polar surface area (TPSA) is 77.3 Å². The Morgan fingerprint density at radius 2 is 0.613 bits per heavy atom. The van der Waals surface area contributed by atoms with E-state index in [0.29, 0.717) is 23.3 Å². The summed E-state index contributed by atoms with van der Waals surface area (Å²) in [6, 6.07) is 68.1. The second-order valence-corrected chi connectivity index (χ2v) is 15.9. The van der Waals surface area contributed by atoms with Crippen LogP contribution in [0.5, 0.6) is 0 Å². The molecule has 62 heavy (non-hydrogen) atoms. The van der Waals surface area contributed by atoms with Crippen molar-refractivity contribution in [3.8, 4) is 79.2 Å². The molecule has 3 aliphatic carbocycles. The van der Waals surface area contributed by atoms with Crippen molar-refractivity contribution < 1.29 is 0 Å². The molecule has 0 radical (unpaired) electrons. The van der Waals surface area contributed by atoms with Crippen LogP contribution in [-0.2, 0) is 0 Å². The van der Waals surface area contributed by atoms with E-state index in [1.54, 1.807) is 12.4 Å². The van der Waals surface area contributed by atoms with Crippen LogP contribution in [0.25, 0.3) is 79.2 Å². The fourth-order valence-corrected chi connectivity index (χ4v) is 9.29. The molecule has 0 amide bonds. The fraction of sp³-hybridized carbons (Fsp3) is 0.0357. The highest BCUT2D eigenvalue weighted by Crippen LogP contribution is 2.56. The maximum Gasteiger partial charge on any atom is 0.164 e. The highest BCUT2D eigenvalue weighted by molar-refractivity contribution is 5.78. The number of hydrogen-bond acceptors (Lipinski definition) is 6. The first-order chi connectivity index (χ1) is 30.7. The van der Waals surface area contributed by atoms with Gasteiger partial charge < -0.3 is 0 Å². The monoisotopic (exact) mass is 792 g/mol. The van der Waals surface area contributed by atoms with Gasteiger partial charge in [0.2, 0.25) is 0 Å². The summed E-state index contributed by atoms with van der Waals surface area (Å²) in [5.41, 5.74) is 18.1. The Labute approximate surface area is 359 Å². The van der Waals surface area contributed by atoms with Crippen molar-refractivity contribution in [2.24, 2.45) is 0 Å². The Hall–Kier alpha value is -8.22. The van der Waals surface area contributed by atoms with Gasteiger partial charge in [0.15, 0.2) is 23.3 Å². The molecule has 0 saturated heterocycles. The summed E-state index contributed by atoms with van der Waals surface area (Å²) >= 11 is 0. The third-order valence-corrected chi connectivity index (χ3v) is 12.2. The zero-order chi connectivity index (χ0) is 41.0. The zero-order valence-electron chi connectivity index (χ0n) is 33.5. The zero-order valence-corrected chi connectivity index (χ0v) is 33.5. The Balaban J connectivity index is 0.916. The number of hydrogen-bond donors (Lipinski definition) is 0. The number of rotatable bonds is 7. The van der Waals surface area contributed by atoms with Gasteiger partial charge in [-0.3, -0.25) is 4.98 Å². The molecule has 0 spiro atoms. The quantitative estimate of drug-likeness (QED) is 0.160. The van der Waals surface area contributed by atoms with Gasteiger partial charge in [-0.15, -0.1) is 0 Å². The van der Waals surface area contributed by atoms with Crippen molar-refractivity contribution in [1.29, 1.82) is 0 Å². The molecule has 0 aliphatic heterocycles. The summed E-state index contributed by atoms with van der Waals surface area (Å²) in [4.78, 5) is 29.3. The number of pyridine rings is 1. The van der Waals surface area contributed by atoms with Crippen molar-refractivity contribution in [2.45, 2.75) is 11.8 Å². The Morgan fingerprint density at radius 1 is 0.242 bits per heavy atom. The molecule has 6 heteroatoms. The van der Waals surface area contributed by atoms with Crippen LogP contribution >= 0.6 is 0 Å². The van der Waals surface area contributed by atoms with Crippen LogP contribution in [0.4, 0.5) is 0 Å². The molecular formula is C56H36N6. The summed E-state index contributed by atoms with van der Waals surface area (Å²) in [5.74, 6) is 2.88. The molecule has 2 bridgehead atoms. The highest BCUT2D eigenvalue weighted by atomic mass is 15.0. The predicted octanol–water partition coefficient (Wildman–Crippen LogP) is 12.7. The lowest BCUT2D eigenvalue weighted by molar-refractivity contribution is 0.755. The lowest BCUT2D eigenvalue weighted by atomic mass is 9.60. The minimum atomic E-state index is 0.0905. The van der Waals surface area contributed by atoms with Crippen LogP contribution in [0.15, 0.2) is 207 Å². The summed E-state index contributed by atoms with van der Waals surface area (Å²) in [6.45, 7) is 0. The SMILES string of the molecule is c1ccc(-c2nc(-c3ccncc3)cc(-c3ccc(-c4ccc5c(c4)C4c6ccccc6C5c5cc(-c6nc(-c7ccccc7)nc(-c7ccccc7)n6)ccc54)cc3)n2)cc1. The van der Waals surface area contributed by atoms with E-state index in [1.165, 1.54) is 38.9 Å². The molecule has 10 aromatic rings. The van der Waals surface area contributed by atoms with Crippen molar-refractivity contribution in [3.05, 3.63) is 240 Å². The Kier molecular flexibility index (Phi) is 8.52. The van der Waals surface area contributed by atoms with Gasteiger partial charge in [-0.05, 0) is 74.8 Å². The van der Waals surface area contributed by atoms with Crippen molar-refractivity contribution in [2.75, 3.05) is 0 Å². The third-order valence-electron chi connectivity index (χ3n) is 12.2. The largest absolute Gasteiger partial charge is 0.265 e. The molecule has 6 nitrogen and oxygen atoms in total. The molecule has 7 aromatic carbocycles. The van der Waals surface area contributed by atoms with E-state index >= 15 is 0 Å². The van der Waals surface area contributed by atoms with Crippen molar-refractivity contribution in [3.63, 3.8) is 0 Å². The van der Waals surface area contributed by atoms with Gasteiger partial charge in [-0.25, -0.2) is 24.9 Å². The second-order valence-electron chi connectivity index (χ2n) is 15.9. The second kappa shape index (κ2) is 14.8.